The highest BCUT2D eigenvalue weighted by atomic mass is 32.1. The van der Waals surface area contributed by atoms with E-state index in [1.165, 1.54) is 27.9 Å². The number of piperazine rings is 1. The highest BCUT2D eigenvalue weighted by Gasteiger charge is 2.27. The maximum absolute atomic E-state index is 13.0. The highest BCUT2D eigenvalue weighted by molar-refractivity contribution is 7.13. The lowest BCUT2D eigenvalue weighted by molar-refractivity contribution is -0.133. The summed E-state index contributed by atoms with van der Waals surface area (Å²) in [5, 5.41) is 11.7. The second-order valence-corrected chi connectivity index (χ2v) is 7.95. The Morgan fingerprint density at radius 1 is 1.07 bits per heavy atom. The van der Waals surface area contributed by atoms with Gasteiger partial charge in [0.1, 0.15) is 17.7 Å². The largest absolute Gasteiger partial charge is 0.338 e. The van der Waals surface area contributed by atoms with Crippen LogP contribution in [-0.4, -0.2) is 73.0 Å². The number of hydrogen-bond acceptors (Lipinski definition) is 7. The first-order valence-corrected chi connectivity index (χ1v) is 10.2. The van der Waals surface area contributed by atoms with Crippen molar-refractivity contribution in [3.05, 3.63) is 57.8 Å². The summed E-state index contributed by atoms with van der Waals surface area (Å²) in [5.74, 6) is -0.0598. The number of thiazole rings is 1. The normalized spacial score (nSPS) is 14.2. The van der Waals surface area contributed by atoms with Gasteiger partial charge in [0.05, 0.1) is 10.7 Å². The zero-order valence-electron chi connectivity index (χ0n) is 16.1. The minimum Gasteiger partial charge on any atom is -0.338 e. The van der Waals surface area contributed by atoms with Gasteiger partial charge in [-0.25, -0.2) is 9.67 Å². The minimum atomic E-state index is -0.0523. The summed E-state index contributed by atoms with van der Waals surface area (Å²) in [4.78, 5) is 34.1. The lowest BCUT2D eigenvalue weighted by Crippen LogP contribution is -2.51. The standard InChI is InChI=1S/C19H21N7O2S/c1-14-18(29-16(21-14)11-15-5-3-2-4-6-15)19(28)25-9-7-24(8-10-25)17(27)12-26-13-20-22-23-26/h2-6,13H,7-12H2,1H3. The SMILES string of the molecule is Cc1nc(Cc2ccccc2)sc1C(=O)N1CCN(C(=O)Cn2cnnn2)CC1. The van der Waals surface area contributed by atoms with E-state index in [0.717, 1.165) is 17.1 Å². The van der Waals surface area contributed by atoms with E-state index >= 15 is 0 Å². The van der Waals surface area contributed by atoms with Crippen LogP contribution in [-0.2, 0) is 17.8 Å². The molecule has 1 saturated heterocycles. The Morgan fingerprint density at radius 3 is 2.48 bits per heavy atom. The Labute approximate surface area is 172 Å². The molecule has 0 atom stereocenters. The molecule has 0 aliphatic carbocycles. The molecule has 0 N–H and O–H groups in total. The Hall–Kier alpha value is -3.14. The van der Waals surface area contributed by atoms with Crippen molar-refractivity contribution in [2.24, 2.45) is 0 Å². The van der Waals surface area contributed by atoms with Crippen molar-refractivity contribution in [1.29, 1.82) is 0 Å². The van der Waals surface area contributed by atoms with Gasteiger partial charge in [-0.05, 0) is 22.9 Å². The number of benzene rings is 1. The number of tetrazole rings is 1. The first kappa shape index (κ1) is 19.2. The first-order chi connectivity index (χ1) is 14.1. The molecule has 150 valence electrons. The van der Waals surface area contributed by atoms with Gasteiger partial charge in [-0.15, -0.1) is 16.4 Å². The van der Waals surface area contributed by atoms with Crippen LogP contribution in [0.5, 0.6) is 0 Å². The van der Waals surface area contributed by atoms with Crippen LogP contribution in [0.25, 0.3) is 0 Å². The molecule has 0 radical (unpaired) electrons. The van der Waals surface area contributed by atoms with Gasteiger partial charge in [0.2, 0.25) is 5.91 Å². The van der Waals surface area contributed by atoms with E-state index in [9.17, 15) is 9.59 Å². The quantitative estimate of drug-likeness (QED) is 0.622. The van der Waals surface area contributed by atoms with E-state index in [2.05, 4.69) is 32.6 Å². The van der Waals surface area contributed by atoms with Gasteiger partial charge < -0.3 is 9.80 Å². The predicted molar refractivity (Wildman–Crippen MR) is 106 cm³/mol. The molecule has 0 spiro atoms. The third-order valence-corrected chi connectivity index (χ3v) is 5.99. The number of carbonyl (C=O) groups is 2. The fourth-order valence-corrected chi connectivity index (χ4v) is 4.36. The summed E-state index contributed by atoms with van der Waals surface area (Å²) in [6.07, 6.45) is 2.14. The molecular formula is C19H21N7O2S. The van der Waals surface area contributed by atoms with Crippen molar-refractivity contribution in [3.63, 3.8) is 0 Å². The number of hydrogen-bond donors (Lipinski definition) is 0. The molecule has 0 unspecified atom stereocenters. The molecule has 3 heterocycles. The Bertz CT molecular complexity index is 979. The molecule has 3 aromatic rings. The second kappa shape index (κ2) is 8.48. The first-order valence-electron chi connectivity index (χ1n) is 9.38. The van der Waals surface area contributed by atoms with E-state index in [-0.39, 0.29) is 18.4 Å². The third kappa shape index (κ3) is 4.48. The lowest BCUT2D eigenvalue weighted by Gasteiger charge is -2.34. The summed E-state index contributed by atoms with van der Waals surface area (Å²) < 4.78 is 1.40. The molecule has 1 aliphatic rings. The minimum absolute atomic E-state index is 0.00751. The number of rotatable bonds is 5. The van der Waals surface area contributed by atoms with Gasteiger partial charge in [-0.2, -0.15) is 0 Å². The zero-order valence-corrected chi connectivity index (χ0v) is 16.9. The van der Waals surface area contributed by atoms with Gasteiger partial charge >= 0.3 is 0 Å². The predicted octanol–water partition coefficient (Wildman–Crippen LogP) is 1.01. The monoisotopic (exact) mass is 411 g/mol. The molecule has 2 aromatic heterocycles. The van der Waals surface area contributed by atoms with E-state index in [1.54, 1.807) is 9.80 Å². The molecule has 1 fully saturated rings. The molecule has 1 aromatic carbocycles. The summed E-state index contributed by atoms with van der Waals surface area (Å²) in [5.41, 5.74) is 1.94. The van der Waals surface area contributed by atoms with Crippen molar-refractivity contribution in [1.82, 2.24) is 35.0 Å². The van der Waals surface area contributed by atoms with E-state index in [0.29, 0.717) is 31.1 Å². The molecule has 9 nitrogen and oxygen atoms in total. The zero-order chi connectivity index (χ0) is 20.2. The van der Waals surface area contributed by atoms with Crippen LogP contribution in [0, 0.1) is 6.92 Å². The van der Waals surface area contributed by atoms with Crippen LogP contribution in [0.3, 0.4) is 0 Å². The van der Waals surface area contributed by atoms with Crippen molar-refractivity contribution >= 4 is 23.2 Å². The molecule has 29 heavy (non-hydrogen) atoms. The van der Waals surface area contributed by atoms with Crippen LogP contribution in [0.4, 0.5) is 0 Å². The number of aromatic nitrogens is 5. The molecule has 4 rings (SSSR count). The van der Waals surface area contributed by atoms with Crippen LogP contribution in [0.15, 0.2) is 36.7 Å². The Balaban J connectivity index is 1.35. The van der Waals surface area contributed by atoms with Gasteiger partial charge in [-0.3, -0.25) is 9.59 Å². The van der Waals surface area contributed by atoms with E-state index < -0.39 is 0 Å². The molecule has 0 bridgehead atoms. The van der Waals surface area contributed by atoms with Crippen LogP contribution in [0.1, 0.15) is 25.9 Å². The number of nitrogens with zero attached hydrogens (tertiary/aromatic N) is 7. The summed E-state index contributed by atoms with van der Waals surface area (Å²) in [7, 11) is 0. The smallest absolute Gasteiger partial charge is 0.265 e. The van der Waals surface area contributed by atoms with Crippen molar-refractivity contribution in [3.8, 4) is 0 Å². The third-order valence-electron chi connectivity index (χ3n) is 4.84. The number of amides is 2. The summed E-state index contributed by atoms with van der Waals surface area (Å²) in [6, 6.07) is 10.1. The highest BCUT2D eigenvalue weighted by Crippen LogP contribution is 2.23. The fraction of sp³-hybridized carbons (Fsp3) is 0.368. The molecule has 1 aliphatic heterocycles. The number of carbonyl (C=O) groups excluding carboxylic acids is 2. The molecule has 0 saturated carbocycles. The van der Waals surface area contributed by atoms with E-state index in [1.807, 2.05) is 25.1 Å². The topological polar surface area (TPSA) is 97.1 Å². The Kier molecular flexibility index (Phi) is 5.61. The lowest BCUT2D eigenvalue weighted by atomic mass is 10.2. The van der Waals surface area contributed by atoms with Gasteiger partial charge in [-0.1, -0.05) is 30.3 Å². The van der Waals surface area contributed by atoms with Gasteiger partial charge in [0.25, 0.3) is 5.91 Å². The fourth-order valence-electron chi connectivity index (χ4n) is 3.29. The van der Waals surface area contributed by atoms with Crippen LogP contribution >= 0.6 is 11.3 Å². The average molecular weight is 411 g/mol. The van der Waals surface area contributed by atoms with Crippen LogP contribution < -0.4 is 0 Å². The van der Waals surface area contributed by atoms with Gasteiger partial charge in [0, 0.05) is 32.6 Å². The van der Waals surface area contributed by atoms with Crippen molar-refractivity contribution in [2.75, 3.05) is 26.2 Å². The Morgan fingerprint density at radius 2 is 1.79 bits per heavy atom. The van der Waals surface area contributed by atoms with Gasteiger partial charge in [0.15, 0.2) is 0 Å². The maximum atomic E-state index is 13.0. The van der Waals surface area contributed by atoms with Crippen molar-refractivity contribution in [2.45, 2.75) is 19.9 Å². The maximum Gasteiger partial charge on any atom is 0.265 e. The molecular weight excluding hydrogens is 390 g/mol. The van der Waals surface area contributed by atoms with E-state index in [4.69, 9.17) is 0 Å². The van der Waals surface area contributed by atoms with Crippen LogP contribution in [0.2, 0.25) is 0 Å². The molecule has 2 amide bonds. The second-order valence-electron chi connectivity index (χ2n) is 6.86. The average Bonchev–Trinajstić information content (AvgIpc) is 3.38. The summed E-state index contributed by atoms with van der Waals surface area (Å²) in [6.45, 7) is 4.00. The number of aryl methyl sites for hydroxylation is 1. The molecule has 10 heteroatoms. The summed E-state index contributed by atoms with van der Waals surface area (Å²) >= 11 is 1.46. The van der Waals surface area contributed by atoms with Crippen molar-refractivity contribution < 1.29 is 9.59 Å².